The molecule has 0 saturated carbocycles. The highest BCUT2D eigenvalue weighted by atomic mass is 35.5. The summed E-state index contributed by atoms with van der Waals surface area (Å²) in [4.78, 5) is 0. The van der Waals surface area contributed by atoms with E-state index in [9.17, 15) is 0 Å². The second-order valence-corrected chi connectivity index (χ2v) is 5.26. The molecule has 2 rings (SSSR count). The SMILES string of the molecule is CCC(CC)NCc1cc(Cl)c2c(c1)OCCCO2. The number of ether oxygens (including phenoxy) is 2. The van der Waals surface area contributed by atoms with Gasteiger partial charge in [-0.05, 0) is 30.5 Å². The molecule has 0 spiro atoms. The first-order chi connectivity index (χ1) is 9.24. The van der Waals surface area contributed by atoms with Gasteiger partial charge in [0.05, 0.1) is 18.2 Å². The van der Waals surface area contributed by atoms with Crippen molar-refractivity contribution in [3.8, 4) is 11.5 Å². The average Bonchev–Trinajstić information content (AvgIpc) is 2.65. The van der Waals surface area contributed by atoms with E-state index in [4.69, 9.17) is 21.1 Å². The van der Waals surface area contributed by atoms with Gasteiger partial charge in [0, 0.05) is 19.0 Å². The maximum atomic E-state index is 6.27. The Kier molecular flexibility index (Phi) is 5.34. The molecule has 4 heteroatoms. The monoisotopic (exact) mass is 283 g/mol. The third kappa shape index (κ3) is 3.77. The van der Waals surface area contributed by atoms with E-state index in [0.29, 0.717) is 30.0 Å². The van der Waals surface area contributed by atoms with Gasteiger partial charge in [0.25, 0.3) is 0 Å². The Bertz CT molecular complexity index is 419. The normalized spacial score (nSPS) is 14.5. The molecule has 106 valence electrons. The van der Waals surface area contributed by atoms with Crippen molar-refractivity contribution >= 4 is 11.6 Å². The van der Waals surface area contributed by atoms with Crippen LogP contribution in [0.25, 0.3) is 0 Å². The molecule has 1 aromatic rings. The van der Waals surface area contributed by atoms with Crippen LogP contribution in [0, 0.1) is 0 Å². The molecule has 1 N–H and O–H groups in total. The molecule has 0 radical (unpaired) electrons. The van der Waals surface area contributed by atoms with Crippen LogP contribution in [0.2, 0.25) is 5.02 Å². The fraction of sp³-hybridized carbons (Fsp3) is 0.600. The fourth-order valence-electron chi connectivity index (χ4n) is 2.23. The zero-order valence-corrected chi connectivity index (χ0v) is 12.4. The summed E-state index contributed by atoms with van der Waals surface area (Å²) in [6.07, 6.45) is 3.16. The number of fused-ring (bicyclic) bond motifs is 1. The zero-order valence-electron chi connectivity index (χ0n) is 11.7. The smallest absolute Gasteiger partial charge is 0.179 e. The number of halogens is 1. The summed E-state index contributed by atoms with van der Waals surface area (Å²) in [6, 6.07) is 4.54. The van der Waals surface area contributed by atoms with Crippen molar-refractivity contribution in [1.82, 2.24) is 5.32 Å². The second-order valence-electron chi connectivity index (χ2n) is 4.85. The summed E-state index contributed by atoms with van der Waals surface area (Å²) in [5, 5.41) is 4.17. The van der Waals surface area contributed by atoms with Gasteiger partial charge in [0.2, 0.25) is 0 Å². The maximum Gasteiger partial charge on any atom is 0.179 e. The van der Waals surface area contributed by atoms with Crippen LogP contribution in [-0.4, -0.2) is 19.3 Å². The first kappa shape index (κ1) is 14.5. The highest BCUT2D eigenvalue weighted by Gasteiger charge is 2.15. The van der Waals surface area contributed by atoms with Gasteiger partial charge in [-0.1, -0.05) is 25.4 Å². The summed E-state index contributed by atoms with van der Waals surface area (Å²) in [5.74, 6) is 1.46. The minimum atomic E-state index is 0.551. The predicted molar refractivity (Wildman–Crippen MR) is 78.3 cm³/mol. The largest absolute Gasteiger partial charge is 0.489 e. The lowest BCUT2D eigenvalue weighted by molar-refractivity contribution is 0.297. The van der Waals surface area contributed by atoms with Crippen LogP contribution < -0.4 is 14.8 Å². The predicted octanol–water partition coefficient (Wildman–Crippen LogP) is 3.78. The van der Waals surface area contributed by atoms with Gasteiger partial charge < -0.3 is 14.8 Å². The molecule has 0 fully saturated rings. The number of benzene rings is 1. The Balaban J connectivity index is 2.10. The van der Waals surface area contributed by atoms with Crippen molar-refractivity contribution in [3.63, 3.8) is 0 Å². The first-order valence-corrected chi connectivity index (χ1v) is 7.43. The molecule has 0 amide bonds. The zero-order chi connectivity index (χ0) is 13.7. The Morgan fingerprint density at radius 1 is 1.21 bits per heavy atom. The van der Waals surface area contributed by atoms with E-state index in [1.807, 2.05) is 12.1 Å². The Morgan fingerprint density at radius 2 is 1.95 bits per heavy atom. The summed E-state index contributed by atoms with van der Waals surface area (Å²) in [7, 11) is 0. The molecule has 0 aromatic heterocycles. The lowest BCUT2D eigenvalue weighted by Crippen LogP contribution is -2.26. The van der Waals surface area contributed by atoms with E-state index in [2.05, 4.69) is 19.2 Å². The van der Waals surface area contributed by atoms with Crippen LogP contribution in [0.3, 0.4) is 0 Å². The van der Waals surface area contributed by atoms with Crippen molar-refractivity contribution in [2.75, 3.05) is 13.2 Å². The number of hydrogen-bond acceptors (Lipinski definition) is 3. The molecule has 3 nitrogen and oxygen atoms in total. The van der Waals surface area contributed by atoms with Gasteiger partial charge in [-0.15, -0.1) is 0 Å². The first-order valence-electron chi connectivity index (χ1n) is 7.06. The molecular formula is C15H22ClNO2. The van der Waals surface area contributed by atoms with Gasteiger partial charge in [-0.3, -0.25) is 0 Å². The van der Waals surface area contributed by atoms with Crippen LogP contribution >= 0.6 is 11.6 Å². The topological polar surface area (TPSA) is 30.5 Å². The van der Waals surface area contributed by atoms with E-state index >= 15 is 0 Å². The van der Waals surface area contributed by atoms with E-state index in [1.54, 1.807) is 0 Å². The minimum Gasteiger partial charge on any atom is -0.489 e. The van der Waals surface area contributed by atoms with E-state index in [1.165, 1.54) is 0 Å². The molecule has 0 saturated heterocycles. The Labute approximate surface area is 120 Å². The molecule has 0 unspecified atom stereocenters. The number of nitrogens with one attached hydrogen (secondary N) is 1. The summed E-state index contributed by atoms with van der Waals surface area (Å²) in [5.41, 5.74) is 1.14. The van der Waals surface area contributed by atoms with Crippen LogP contribution in [0.1, 0.15) is 38.7 Å². The molecule has 19 heavy (non-hydrogen) atoms. The van der Waals surface area contributed by atoms with Crippen molar-refractivity contribution < 1.29 is 9.47 Å². The molecule has 0 bridgehead atoms. The summed E-state index contributed by atoms with van der Waals surface area (Å²) < 4.78 is 11.3. The Hall–Kier alpha value is -0.930. The van der Waals surface area contributed by atoms with Crippen molar-refractivity contribution in [2.45, 2.75) is 45.7 Å². The van der Waals surface area contributed by atoms with Gasteiger partial charge in [-0.25, -0.2) is 0 Å². The number of hydrogen-bond donors (Lipinski definition) is 1. The van der Waals surface area contributed by atoms with Crippen molar-refractivity contribution in [3.05, 3.63) is 22.7 Å². The van der Waals surface area contributed by atoms with E-state index in [-0.39, 0.29) is 0 Å². The highest BCUT2D eigenvalue weighted by molar-refractivity contribution is 6.32. The molecule has 1 aromatic carbocycles. The third-order valence-corrected chi connectivity index (χ3v) is 3.72. The van der Waals surface area contributed by atoms with Crippen molar-refractivity contribution in [2.24, 2.45) is 0 Å². The summed E-state index contributed by atoms with van der Waals surface area (Å²) in [6.45, 7) is 6.55. The molecule has 1 heterocycles. The fourth-order valence-corrected chi connectivity index (χ4v) is 2.51. The lowest BCUT2D eigenvalue weighted by Gasteiger charge is -2.16. The average molecular weight is 284 g/mol. The quantitative estimate of drug-likeness (QED) is 0.892. The molecule has 1 aliphatic rings. The van der Waals surface area contributed by atoms with Crippen molar-refractivity contribution in [1.29, 1.82) is 0 Å². The van der Waals surface area contributed by atoms with Gasteiger partial charge in [0.1, 0.15) is 0 Å². The molecule has 0 atom stereocenters. The standard InChI is InChI=1S/C15H22ClNO2/c1-3-12(4-2)17-10-11-8-13(16)15-14(9-11)18-6-5-7-19-15/h8-9,12,17H,3-7,10H2,1-2H3. The lowest BCUT2D eigenvalue weighted by atomic mass is 10.1. The van der Waals surface area contributed by atoms with Crippen LogP contribution in [-0.2, 0) is 6.54 Å². The molecule has 0 aliphatic carbocycles. The number of rotatable bonds is 5. The second kappa shape index (κ2) is 7.01. The summed E-state index contributed by atoms with van der Waals surface area (Å²) >= 11 is 6.27. The van der Waals surface area contributed by atoms with E-state index < -0.39 is 0 Å². The maximum absolute atomic E-state index is 6.27. The highest BCUT2D eigenvalue weighted by Crippen LogP contribution is 2.37. The van der Waals surface area contributed by atoms with Gasteiger partial charge >= 0.3 is 0 Å². The van der Waals surface area contributed by atoms with Crippen LogP contribution in [0.4, 0.5) is 0 Å². The molecule has 1 aliphatic heterocycles. The third-order valence-electron chi connectivity index (χ3n) is 3.44. The van der Waals surface area contributed by atoms with Gasteiger partial charge in [-0.2, -0.15) is 0 Å². The molecular weight excluding hydrogens is 262 g/mol. The van der Waals surface area contributed by atoms with Gasteiger partial charge in [0.15, 0.2) is 11.5 Å². The Morgan fingerprint density at radius 3 is 2.68 bits per heavy atom. The van der Waals surface area contributed by atoms with Crippen LogP contribution in [0.15, 0.2) is 12.1 Å². The van der Waals surface area contributed by atoms with E-state index in [0.717, 1.165) is 37.1 Å². The minimum absolute atomic E-state index is 0.551. The van der Waals surface area contributed by atoms with Crippen LogP contribution in [0.5, 0.6) is 11.5 Å².